The average Bonchev–Trinajstić information content (AvgIpc) is 2.33. The standard InChI is InChI=1S/C12H10F4O3/c1-19-11(18)3-2-10(17)7-4-8(12(14,15)16)6-9(13)5-7/h4-6H,2-3H2,1H3. The molecule has 1 aromatic carbocycles. The van der Waals surface area contributed by atoms with Crippen LogP contribution in [-0.2, 0) is 15.7 Å². The number of hydrogen-bond donors (Lipinski definition) is 0. The predicted octanol–water partition coefficient (Wildman–Crippen LogP) is 2.98. The zero-order valence-corrected chi connectivity index (χ0v) is 9.88. The molecule has 0 amide bonds. The molecule has 0 aliphatic carbocycles. The molecule has 0 radical (unpaired) electrons. The number of alkyl halides is 3. The molecular weight excluding hydrogens is 268 g/mol. The fraction of sp³-hybridized carbons (Fsp3) is 0.333. The number of hydrogen-bond acceptors (Lipinski definition) is 3. The van der Waals surface area contributed by atoms with Crippen LogP contribution in [0.2, 0.25) is 0 Å². The van der Waals surface area contributed by atoms with Gasteiger partial charge in [-0.25, -0.2) is 4.39 Å². The molecule has 0 N–H and O–H groups in total. The first-order valence-electron chi connectivity index (χ1n) is 5.22. The highest BCUT2D eigenvalue weighted by atomic mass is 19.4. The lowest BCUT2D eigenvalue weighted by Crippen LogP contribution is -2.10. The molecule has 0 aromatic heterocycles. The molecule has 1 rings (SSSR count). The van der Waals surface area contributed by atoms with Crippen LogP contribution in [0.3, 0.4) is 0 Å². The van der Waals surface area contributed by atoms with Gasteiger partial charge in [-0.2, -0.15) is 13.2 Å². The van der Waals surface area contributed by atoms with E-state index in [1.165, 1.54) is 0 Å². The average molecular weight is 278 g/mol. The largest absolute Gasteiger partial charge is 0.469 e. The summed E-state index contributed by atoms with van der Waals surface area (Å²) in [5.41, 5.74) is -1.66. The molecule has 0 spiro atoms. The van der Waals surface area contributed by atoms with E-state index in [0.717, 1.165) is 7.11 Å². The Morgan fingerprint density at radius 1 is 1.16 bits per heavy atom. The van der Waals surface area contributed by atoms with Crippen molar-refractivity contribution in [3.63, 3.8) is 0 Å². The normalized spacial score (nSPS) is 11.2. The first kappa shape index (κ1) is 15.1. The summed E-state index contributed by atoms with van der Waals surface area (Å²) < 4.78 is 54.6. The third-order valence-corrected chi connectivity index (χ3v) is 2.33. The maximum Gasteiger partial charge on any atom is 0.416 e. The Morgan fingerprint density at radius 3 is 2.32 bits per heavy atom. The summed E-state index contributed by atoms with van der Waals surface area (Å²) in [5.74, 6) is -2.58. The molecule has 104 valence electrons. The summed E-state index contributed by atoms with van der Waals surface area (Å²) in [7, 11) is 1.12. The van der Waals surface area contributed by atoms with Crippen molar-refractivity contribution in [3.8, 4) is 0 Å². The molecular formula is C12H10F4O3. The third-order valence-electron chi connectivity index (χ3n) is 2.33. The summed E-state index contributed by atoms with van der Waals surface area (Å²) >= 11 is 0. The van der Waals surface area contributed by atoms with Crippen molar-refractivity contribution in [1.29, 1.82) is 0 Å². The number of rotatable bonds is 4. The lowest BCUT2D eigenvalue weighted by molar-refractivity contribution is -0.140. The minimum absolute atomic E-state index is 0.271. The quantitative estimate of drug-likeness (QED) is 0.483. The smallest absolute Gasteiger partial charge is 0.416 e. The van der Waals surface area contributed by atoms with E-state index in [9.17, 15) is 27.2 Å². The van der Waals surface area contributed by atoms with Gasteiger partial charge in [-0.05, 0) is 18.2 Å². The van der Waals surface area contributed by atoms with Crippen LogP contribution in [0, 0.1) is 5.82 Å². The maximum absolute atomic E-state index is 13.0. The lowest BCUT2D eigenvalue weighted by Gasteiger charge is -2.08. The number of Topliss-reactive ketones (excluding diaryl/α,β-unsaturated/α-hetero) is 1. The van der Waals surface area contributed by atoms with Crippen molar-refractivity contribution in [1.82, 2.24) is 0 Å². The number of halogens is 4. The molecule has 0 aliphatic rings. The first-order valence-corrected chi connectivity index (χ1v) is 5.22. The van der Waals surface area contributed by atoms with Crippen molar-refractivity contribution in [2.45, 2.75) is 19.0 Å². The van der Waals surface area contributed by atoms with Gasteiger partial charge < -0.3 is 4.74 Å². The molecule has 3 nitrogen and oxygen atoms in total. The van der Waals surface area contributed by atoms with Gasteiger partial charge in [-0.1, -0.05) is 0 Å². The highest BCUT2D eigenvalue weighted by Gasteiger charge is 2.31. The number of carbonyl (C=O) groups is 2. The van der Waals surface area contributed by atoms with Crippen molar-refractivity contribution >= 4 is 11.8 Å². The molecule has 1 aromatic rings. The molecule has 0 bridgehead atoms. The van der Waals surface area contributed by atoms with E-state index in [-0.39, 0.29) is 12.8 Å². The first-order chi connectivity index (χ1) is 8.74. The van der Waals surface area contributed by atoms with Crippen molar-refractivity contribution in [3.05, 3.63) is 35.1 Å². The number of ketones is 1. The fourth-order valence-electron chi connectivity index (χ4n) is 1.38. The van der Waals surface area contributed by atoms with Gasteiger partial charge in [0.15, 0.2) is 5.78 Å². The van der Waals surface area contributed by atoms with Crippen LogP contribution in [-0.4, -0.2) is 18.9 Å². The second kappa shape index (κ2) is 5.81. The summed E-state index contributed by atoms with van der Waals surface area (Å²) in [6.45, 7) is 0. The predicted molar refractivity (Wildman–Crippen MR) is 57.0 cm³/mol. The Balaban J connectivity index is 2.92. The van der Waals surface area contributed by atoms with Crippen molar-refractivity contribution in [2.75, 3.05) is 7.11 Å². The van der Waals surface area contributed by atoms with E-state index < -0.39 is 34.9 Å². The third kappa shape index (κ3) is 4.35. The van der Waals surface area contributed by atoms with Gasteiger partial charge >= 0.3 is 12.1 Å². The topological polar surface area (TPSA) is 43.4 Å². The van der Waals surface area contributed by atoms with Crippen LogP contribution in [0.4, 0.5) is 17.6 Å². The number of ether oxygens (including phenoxy) is 1. The summed E-state index contributed by atoms with van der Waals surface area (Å²) in [4.78, 5) is 22.4. The molecule has 19 heavy (non-hydrogen) atoms. The molecule has 0 aliphatic heterocycles. The summed E-state index contributed by atoms with van der Waals surface area (Å²) in [6, 6.07) is 1.56. The lowest BCUT2D eigenvalue weighted by atomic mass is 10.0. The maximum atomic E-state index is 13.0. The van der Waals surface area contributed by atoms with Crippen LogP contribution in [0.15, 0.2) is 18.2 Å². The molecule has 0 saturated carbocycles. The zero-order valence-electron chi connectivity index (χ0n) is 9.88. The monoisotopic (exact) mass is 278 g/mol. The van der Waals surface area contributed by atoms with E-state index in [1.54, 1.807) is 0 Å². The Bertz CT molecular complexity index is 494. The van der Waals surface area contributed by atoms with Gasteiger partial charge in [-0.3, -0.25) is 9.59 Å². The minimum atomic E-state index is -4.74. The second-order valence-electron chi connectivity index (χ2n) is 3.73. The van der Waals surface area contributed by atoms with E-state index in [0.29, 0.717) is 18.2 Å². The molecule has 7 heteroatoms. The van der Waals surface area contributed by atoms with Gasteiger partial charge in [0.05, 0.1) is 19.1 Å². The molecule has 0 heterocycles. The van der Waals surface area contributed by atoms with Crippen LogP contribution in [0.25, 0.3) is 0 Å². The van der Waals surface area contributed by atoms with E-state index in [2.05, 4.69) is 4.74 Å². The minimum Gasteiger partial charge on any atom is -0.469 e. The number of esters is 1. The molecule has 0 saturated heterocycles. The molecule has 0 unspecified atom stereocenters. The summed E-state index contributed by atoms with van der Waals surface area (Å²) in [5, 5.41) is 0. The van der Waals surface area contributed by atoms with Gasteiger partial charge in [0.25, 0.3) is 0 Å². The Kier molecular flexibility index (Phi) is 4.63. The summed E-state index contributed by atoms with van der Waals surface area (Å²) in [6.07, 6.45) is -5.35. The number of benzene rings is 1. The van der Waals surface area contributed by atoms with Crippen molar-refractivity contribution < 1.29 is 31.9 Å². The van der Waals surface area contributed by atoms with Gasteiger partial charge in [-0.15, -0.1) is 0 Å². The van der Waals surface area contributed by atoms with Gasteiger partial charge in [0.2, 0.25) is 0 Å². The second-order valence-corrected chi connectivity index (χ2v) is 3.73. The van der Waals surface area contributed by atoms with E-state index in [1.807, 2.05) is 0 Å². The van der Waals surface area contributed by atoms with Crippen LogP contribution in [0.1, 0.15) is 28.8 Å². The fourth-order valence-corrected chi connectivity index (χ4v) is 1.38. The Hall–Kier alpha value is -1.92. The SMILES string of the molecule is COC(=O)CCC(=O)c1cc(F)cc(C(F)(F)F)c1. The van der Waals surface area contributed by atoms with E-state index in [4.69, 9.17) is 0 Å². The molecule has 0 fully saturated rings. The Morgan fingerprint density at radius 2 is 1.79 bits per heavy atom. The van der Waals surface area contributed by atoms with Crippen LogP contribution < -0.4 is 0 Å². The zero-order chi connectivity index (χ0) is 14.6. The van der Waals surface area contributed by atoms with Crippen LogP contribution in [0.5, 0.6) is 0 Å². The highest BCUT2D eigenvalue weighted by Crippen LogP contribution is 2.30. The van der Waals surface area contributed by atoms with Gasteiger partial charge in [0, 0.05) is 12.0 Å². The van der Waals surface area contributed by atoms with Gasteiger partial charge in [0.1, 0.15) is 5.82 Å². The van der Waals surface area contributed by atoms with E-state index >= 15 is 0 Å². The molecule has 0 atom stereocenters. The number of methoxy groups -OCH3 is 1. The highest BCUT2D eigenvalue weighted by molar-refractivity contribution is 5.97. The number of carbonyl (C=O) groups excluding carboxylic acids is 2. The van der Waals surface area contributed by atoms with Crippen molar-refractivity contribution in [2.24, 2.45) is 0 Å². The van der Waals surface area contributed by atoms with Crippen LogP contribution >= 0.6 is 0 Å². The Labute approximate surface area is 106 Å².